The third-order valence-electron chi connectivity index (χ3n) is 6.47. The molecule has 4 aromatic rings. The summed E-state index contributed by atoms with van der Waals surface area (Å²) in [5.74, 6) is 0.102. The zero-order valence-electron chi connectivity index (χ0n) is 20.9. The van der Waals surface area contributed by atoms with E-state index in [1.807, 2.05) is 31.4 Å². The van der Waals surface area contributed by atoms with Gasteiger partial charge in [-0.15, -0.1) is 0 Å². The van der Waals surface area contributed by atoms with E-state index in [1.165, 1.54) is 6.07 Å². The highest BCUT2D eigenvalue weighted by molar-refractivity contribution is 5.83. The van der Waals surface area contributed by atoms with Gasteiger partial charge in [0.2, 0.25) is 5.95 Å². The van der Waals surface area contributed by atoms with E-state index in [-0.39, 0.29) is 35.8 Å². The van der Waals surface area contributed by atoms with Gasteiger partial charge in [0, 0.05) is 30.9 Å². The number of hydrogen-bond acceptors (Lipinski definition) is 8. The zero-order chi connectivity index (χ0) is 26.1. The fraction of sp³-hybridized carbons (Fsp3) is 0.385. The number of nitrogens with one attached hydrogen (secondary N) is 1. The van der Waals surface area contributed by atoms with Gasteiger partial charge in [0.25, 0.3) is 0 Å². The number of rotatable bonds is 7. The number of nitrogens with zero attached hydrogens (tertiary/aromatic N) is 6. The molecule has 11 heteroatoms. The molecular formula is C26H29F2N7O2. The summed E-state index contributed by atoms with van der Waals surface area (Å²) in [5, 5.41) is 12.6. The summed E-state index contributed by atoms with van der Waals surface area (Å²) < 4.78 is 37.0. The smallest absolute Gasteiger partial charge is 0.229 e. The monoisotopic (exact) mass is 509 g/mol. The standard InChI is InChI=1S/C26H29F2N7O2/c1-15(2)35-16(3)31-25-20(27)8-18(9-22(25)35)24-21(28)11-30-26(33-24)32-23-5-4-17(10-29-23)12-34-6-7-37-14-19(34)13-36/h4-5,8-11,15,19,36H,6-7,12-14H2,1-3H3,(H,29,30,32,33)/t19-/m1/s1. The second kappa shape index (κ2) is 10.4. The van der Waals surface area contributed by atoms with Crippen LogP contribution in [0.2, 0.25) is 0 Å². The largest absolute Gasteiger partial charge is 0.395 e. The molecule has 0 saturated carbocycles. The van der Waals surface area contributed by atoms with Crippen LogP contribution < -0.4 is 5.32 Å². The van der Waals surface area contributed by atoms with Gasteiger partial charge in [0.15, 0.2) is 11.6 Å². The summed E-state index contributed by atoms with van der Waals surface area (Å²) in [6.07, 6.45) is 2.79. The molecule has 5 rings (SSSR count). The van der Waals surface area contributed by atoms with Crippen molar-refractivity contribution in [3.05, 3.63) is 59.7 Å². The van der Waals surface area contributed by atoms with Gasteiger partial charge in [-0.05, 0) is 44.5 Å². The highest BCUT2D eigenvalue weighted by Gasteiger charge is 2.22. The second-order valence-electron chi connectivity index (χ2n) is 9.40. The minimum atomic E-state index is -0.663. The predicted octanol–water partition coefficient (Wildman–Crippen LogP) is 3.99. The van der Waals surface area contributed by atoms with E-state index in [2.05, 4.69) is 30.2 Å². The van der Waals surface area contributed by atoms with Crippen molar-refractivity contribution in [1.82, 2.24) is 29.4 Å². The SMILES string of the molecule is Cc1nc2c(F)cc(-c3nc(Nc4ccc(CN5CCOC[C@H]5CO)cn4)ncc3F)cc2n1C(C)C. The number of hydrogen-bond donors (Lipinski definition) is 2. The molecule has 194 valence electrons. The minimum Gasteiger partial charge on any atom is -0.395 e. The molecule has 0 aliphatic carbocycles. The Balaban J connectivity index is 1.38. The van der Waals surface area contributed by atoms with Crippen molar-refractivity contribution in [2.75, 3.05) is 31.7 Å². The highest BCUT2D eigenvalue weighted by atomic mass is 19.1. The van der Waals surface area contributed by atoms with Crippen molar-refractivity contribution in [3.63, 3.8) is 0 Å². The molecule has 3 aromatic heterocycles. The van der Waals surface area contributed by atoms with E-state index in [1.54, 1.807) is 18.3 Å². The number of aliphatic hydroxyl groups is 1. The van der Waals surface area contributed by atoms with Crippen LogP contribution in [0.15, 0.2) is 36.7 Å². The first-order valence-corrected chi connectivity index (χ1v) is 12.2. The quantitative estimate of drug-likeness (QED) is 0.386. The van der Waals surface area contributed by atoms with Crippen molar-refractivity contribution in [1.29, 1.82) is 0 Å². The first-order valence-electron chi connectivity index (χ1n) is 12.2. The molecule has 0 amide bonds. The number of pyridine rings is 1. The molecule has 0 spiro atoms. The Hall–Kier alpha value is -3.54. The Bertz CT molecular complexity index is 1410. The third kappa shape index (κ3) is 5.15. The molecule has 0 unspecified atom stereocenters. The summed E-state index contributed by atoms with van der Waals surface area (Å²) in [4.78, 5) is 19.3. The number of benzene rings is 1. The second-order valence-corrected chi connectivity index (χ2v) is 9.40. The Labute approximate surface area is 213 Å². The lowest BCUT2D eigenvalue weighted by atomic mass is 10.1. The lowest BCUT2D eigenvalue weighted by molar-refractivity contribution is -0.0313. The Morgan fingerprint density at radius 2 is 1.97 bits per heavy atom. The number of halogens is 2. The van der Waals surface area contributed by atoms with Gasteiger partial charge in [-0.25, -0.2) is 28.7 Å². The number of aliphatic hydroxyl groups excluding tert-OH is 1. The Morgan fingerprint density at radius 3 is 2.70 bits per heavy atom. The van der Waals surface area contributed by atoms with E-state index in [9.17, 15) is 13.9 Å². The summed E-state index contributed by atoms with van der Waals surface area (Å²) in [6.45, 7) is 8.32. The molecule has 1 aliphatic heterocycles. The first-order chi connectivity index (χ1) is 17.8. The topological polar surface area (TPSA) is 101 Å². The minimum absolute atomic E-state index is 0.0218. The maximum absolute atomic E-state index is 14.9. The molecule has 0 radical (unpaired) electrons. The van der Waals surface area contributed by atoms with Crippen molar-refractivity contribution in [3.8, 4) is 11.3 Å². The van der Waals surface area contributed by atoms with E-state index < -0.39 is 11.6 Å². The summed E-state index contributed by atoms with van der Waals surface area (Å²) >= 11 is 0. The van der Waals surface area contributed by atoms with E-state index >= 15 is 0 Å². The molecule has 1 saturated heterocycles. The molecule has 1 aromatic carbocycles. The van der Waals surface area contributed by atoms with Crippen LogP contribution in [-0.2, 0) is 11.3 Å². The maximum atomic E-state index is 14.9. The Morgan fingerprint density at radius 1 is 1.14 bits per heavy atom. The summed E-state index contributed by atoms with van der Waals surface area (Å²) in [5.41, 5.74) is 2.08. The maximum Gasteiger partial charge on any atom is 0.229 e. The van der Waals surface area contributed by atoms with Gasteiger partial charge in [-0.3, -0.25) is 4.90 Å². The fourth-order valence-corrected chi connectivity index (χ4v) is 4.69. The van der Waals surface area contributed by atoms with Crippen molar-refractivity contribution in [2.24, 2.45) is 0 Å². The molecule has 1 atom stereocenters. The molecule has 1 fully saturated rings. The molecule has 1 aliphatic rings. The van der Waals surface area contributed by atoms with Crippen LogP contribution in [0.4, 0.5) is 20.5 Å². The van der Waals surface area contributed by atoms with E-state index in [0.29, 0.717) is 42.5 Å². The molecule has 9 nitrogen and oxygen atoms in total. The molecular weight excluding hydrogens is 480 g/mol. The molecule has 37 heavy (non-hydrogen) atoms. The average Bonchev–Trinajstić information content (AvgIpc) is 3.23. The Kier molecular flexibility index (Phi) is 7.09. The van der Waals surface area contributed by atoms with Crippen LogP contribution in [-0.4, -0.2) is 66.9 Å². The molecule has 4 heterocycles. The van der Waals surface area contributed by atoms with Crippen LogP contribution >= 0.6 is 0 Å². The lowest BCUT2D eigenvalue weighted by Crippen LogP contribution is -2.46. The van der Waals surface area contributed by atoms with Crippen LogP contribution in [0, 0.1) is 18.6 Å². The summed E-state index contributed by atoms with van der Waals surface area (Å²) in [7, 11) is 0. The number of aryl methyl sites for hydroxylation is 1. The van der Waals surface area contributed by atoms with Gasteiger partial charge < -0.3 is 19.7 Å². The van der Waals surface area contributed by atoms with Crippen LogP contribution in [0.25, 0.3) is 22.3 Å². The van der Waals surface area contributed by atoms with Crippen molar-refractivity contribution < 1.29 is 18.6 Å². The normalized spacial score (nSPS) is 16.6. The third-order valence-corrected chi connectivity index (χ3v) is 6.47. The first kappa shape index (κ1) is 25.1. The molecule has 2 N–H and O–H groups in total. The van der Waals surface area contributed by atoms with Gasteiger partial charge in [-0.1, -0.05) is 6.07 Å². The number of morpholine rings is 1. The fourth-order valence-electron chi connectivity index (χ4n) is 4.69. The highest BCUT2D eigenvalue weighted by Crippen LogP contribution is 2.30. The van der Waals surface area contributed by atoms with E-state index in [0.717, 1.165) is 18.3 Å². The number of fused-ring (bicyclic) bond motifs is 1. The number of aromatic nitrogens is 5. The van der Waals surface area contributed by atoms with Gasteiger partial charge in [0.05, 0.1) is 37.6 Å². The number of anilines is 2. The predicted molar refractivity (Wildman–Crippen MR) is 135 cm³/mol. The van der Waals surface area contributed by atoms with Crippen LogP contribution in [0.5, 0.6) is 0 Å². The van der Waals surface area contributed by atoms with Crippen molar-refractivity contribution in [2.45, 2.75) is 39.4 Å². The van der Waals surface area contributed by atoms with E-state index in [4.69, 9.17) is 4.74 Å². The lowest BCUT2D eigenvalue weighted by Gasteiger charge is -2.34. The summed E-state index contributed by atoms with van der Waals surface area (Å²) in [6, 6.07) is 6.66. The zero-order valence-corrected chi connectivity index (χ0v) is 20.9. The van der Waals surface area contributed by atoms with Gasteiger partial charge in [0.1, 0.15) is 22.9 Å². The average molecular weight is 510 g/mol. The van der Waals surface area contributed by atoms with Gasteiger partial charge >= 0.3 is 0 Å². The van der Waals surface area contributed by atoms with Crippen LogP contribution in [0.1, 0.15) is 31.3 Å². The van der Waals surface area contributed by atoms with Crippen molar-refractivity contribution >= 4 is 22.8 Å². The van der Waals surface area contributed by atoms with Gasteiger partial charge in [-0.2, -0.15) is 0 Å². The molecule has 0 bridgehead atoms. The van der Waals surface area contributed by atoms with Crippen LogP contribution in [0.3, 0.4) is 0 Å². The number of ether oxygens (including phenoxy) is 1. The number of imidazole rings is 1.